The Balaban J connectivity index is 2.04. The highest BCUT2D eigenvalue weighted by molar-refractivity contribution is 4.82. The summed E-state index contributed by atoms with van der Waals surface area (Å²) in [6, 6.07) is 0.351. The summed E-state index contributed by atoms with van der Waals surface area (Å²) in [5.74, 6) is 0. The number of hydrogen-bond donors (Lipinski definition) is 2. The lowest BCUT2D eigenvalue weighted by Gasteiger charge is -2.37. The molecule has 1 fully saturated rings. The maximum absolute atomic E-state index is 8.89. The number of nitrogens with zero attached hydrogens (tertiary/aromatic N) is 1. The molecule has 0 amide bonds. The van der Waals surface area contributed by atoms with Gasteiger partial charge in [0.1, 0.15) is 0 Å². The third-order valence-corrected chi connectivity index (χ3v) is 1.51. The summed E-state index contributed by atoms with van der Waals surface area (Å²) in [5.41, 5.74) is 5.52. The lowest BCUT2D eigenvalue weighted by atomic mass is 10.1. The molecule has 0 spiro atoms. The van der Waals surface area contributed by atoms with Crippen LogP contribution in [0.3, 0.4) is 0 Å². The first-order valence-electron chi connectivity index (χ1n) is 3.34. The van der Waals surface area contributed by atoms with E-state index in [0.717, 1.165) is 19.6 Å². The Morgan fingerprint density at radius 3 is 2.67 bits per heavy atom. The molecule has 0 saturated carbocycles. The predicted molar refractivity (Wildman–Crippen MR) is 36.1 cm³/mol. The van der Waals surface area contributed by atoms with Crippen molar-refractivity contribution in [2.75, 3.05) is 19.6 Å². The average molecular weight is 130 g/mol. The molecule has 1 unspecified atom stereocenters. The van der Waals surface area contributed by atoms with Crippen LogP contribution in [0.5, 0.6) is 0 Å². The molecule has 0 radical (unpaired) electrons. The standard InChI is InChI=1S/C6H14N2O/c1-5(9)2-8-3-6(7)4-8/h5-6,9H,2-4,7H2,1H3. The topological polar surface area (TPSA) is 49.5 Å². The van der Waals surface area contributed by atoms with Crippen molar-refractivity contribution in [3.8, 4) is 0 Å². The molecule has 0 bridgehead atoms. The molecule has 3 heteroatoms. The molecule has 0 aromatic heterocycles. The number of aliphatic hydroxyl groups excluding tert-OH is 1. The third kappa shape index (κ3) is 1.93. The molecule has 9 heavy (non-hydrogen) atoms. The Kier molecular flexibility index (Phi) is 2.05. The van der Waals surface area contributed by atoms with Gasteiger partial charge in [0.05, 0.1) is 6.10 Å². The van der Waals surface area contributed by atoms with Gasteiger partial charge >= 0.3 is 0 Å². The molecule has 54 valence electrons. The third-order valence-electron chi connectivity index (χ3n) is 1.51. The summed E-state index contributed by atoms with van der Waals surface area (Å²) in [6.45, 7) is 4.47. The van der Waals surface area contributed by atoms with Crippen molar-refractivity contribution in [2.45, 2.75) is 19.1 Å². The van der Waals surface area contributed by atoms with E-state index in [4.69, 9.17) is 10.8 Å². The van der Waals surface area contributed by atoms with Gasteiger partial charge in [0.2, 0.25) is 0 Å². The van der Waals surface area contributed by atoms with Crippen LogP contribution in [-0.4, -0.2) is 41.8 Å². The Bertz CT molecular complexity index is 89.1. The van der Waals surface area contributed by atoms with E-state index in [0.29, 0.717) is 6.04 Å². The monoisotopic (exact) mass is 130 g/mol. The van der Waals surface area contributed by atoms with Crippen molar-refractivity contribution in [2.24, 2.45) is 5.73 Å². The molecule has 0 aliphatic carbocycles. The summed E-state index contributed by atoms with van der Waals surface area (Å²) < 4.78 is 0. The molecule has 1 heterocycles. The van der Waals surface area contributed by atoms with Gasteiger partial charge in [0.25, 0.3) is 0 Å². The number of likely N-dealkylation sites (tertiary alicyclic amines) is 1. The molecule has 0 aromatic rings. The zero-order chi connectivity index (χ0) is 6.85. The number of β-amino-alcohol motifs (C(OH)–C–C–N with tert-alkyl or cyclic N) is 1. The van der Waals surface area contributed by atoms with E-state index in [-0.39, 0.29) is 6.10 Å². The number of rotatable bonds is 2. The van der Waals surface area contributed by atoms with Gasteiger partial charge in [-0.3, -0.25) is 4.90 Å². The minimum atomic E-state index is -0.211. The van der Waals surface area contributed by atoms with Crippen molar-refractivity contribution in [1.29, 1.82) is 0 Å². The van der Waals surface area contributed by atoms with E-state index in [9.17, 15) is 0 Å². The Labute approximate surface area is 55.5 Å². The highest BCUT2D eigenvalue weighted by Gasteiger charge is 2.23. The molecule has 3 nitrogen and oxygen atoms in total. The molecule has 1 saturated heterocycles. The normalized spacial score (nSPS) is 25.7. The van der Waals surface area contributed by atoms with Crippen LogP contribution >= 0.6 is 0 Å². The molecule has 3 N–H and O–H groups in total. The van der Waals surface area contributed by atoms with Crippen molar-refractivity contribution in [3.05, 3.63) is 0 Å². The second-order valence-corrected chi connectivity index (χ2v) is 2.83. The van der Waals surface area contributed by atoms with Crippen molar-refractivity contribution >= 4 is 0 Å². The minimum Gasteiger partial charge on any atom is -0.392 e. The van der Waals surface area contributed by atoms with Crippen LogP contribution in [0.15, 0.2) is 0 Å². The maximum atomic E-state index is 8.89. The molecular formula is C6H14N2O. The first-order valence-corrected chi connectivity index (χ1v) is 3.34. The summed E-state index contributed by atoms with van der Waals surface area (Å²) in [4.78, 5) is 2.15. The van der Waals surface area contributed by atoms with E-state index in [2.05, 4.69) is 4.90 Å². The van der Waals surface area contributed by atoms with Crippen molar-refractivity contribution < 1.29 is 5.11 Å². The van der Waals surface area contributed by atoms with Gasteiger partial charge in [-0.15, -0.1) is 0 Å². The van der Waals surface area contributed by atoms with Gasteiger partial charge < -0.3 is 10.8 Å². The highest BCUT2D eigenvalue weighted by Crippen LogP contribution is 2.04. The van der Waals surface area contributed by atoms with E-state index < -0.39 is 0 Å². The fraction of sp³-hybridized carbons (Fsp3) is 1.00. The second-order valence-electron chi connectivity index (χ2n) is 2.83. The van der Waals surface area contributed by atoms with Crippen LogP contribution in [0.4, 0.5) is 0 Å². The SMILES string of the molecule is CC(O)CN1CC(N)C1. The summed E-state index contributed by atoms with van der Waals surface area (Å²) in [6.07, 6.45) is -0.211. The van der Waals surface area contributed by atoms with E-state index in [1.165, 1.54) is 0 Å². The smallest absolute Gasteiger partial charge is 0.0639 e. The molecule has 1 atom stereocenters. The van der Waals surface area contributed by atoms with Crippen LogP contribution in [0.2, 0.25) is 0 Å². The lowest BCUT2D eigenvalue weighted by Crippen LogP contribution is -2.57. The molecule has 0 aromatic carbocycles. The lowest BCUT2D eigenvalue weighted by molar-refractivity contribution is 0.0760. The second kappa shape index (κ2) is 2.64. The first-order chi connectivity index (χ1) is 4.18. The molecule has 1 aliphatic rings. The van der Waals surface area contributed by atoms with Gasteiger partial charge in [0, 0.05) is 25.7 Å². The zero-order valence-electron chi connectivity index (χ0n) is 5.75. The fourth-order valence-corrected chi connectivity index (χ4v) is 1.13. The van der Waals surface area contributed by atoms with E-state index >= 15 is 0 Å². The summed E-state index contributed by atoms with van der Waals surface area (Å²) in [7, 11) is 0. The predicted octanol–water partition coefficient (Wildman–Crippen LogP) is -0.990. The van der Waals surface area contributed by atoms with E-state index in [1.54, 1.807) is 6.92 Å². The van der Waals surface area contributed by atoms with Crippen LogP contribution < -0.4 is 5.73 Å². The average Bonchev–Trinajstić information content (AvgIpc) is 1.60. The van der Waals surface area contributed by atoms with Gasteiger partial charge in [0.15, 0.2) is 0 Å². The van der Waals surface area contributed by atoms with E-state index in [1.807, 2.05) is 0 Å². The quantitative estimate of drug-likeness (QED) is 0.504. The Morgan fingerprint density at radius 1 is 1.78 bits per heavy atom. The number of nitrogens with two attached hydrogens (primary N) is 1. The minimum absolute atomic E-state index is 0.211. The Morgan fingerprint density at radius 2 is 2.33 bits per heavy atom. The van der Waals surface area contributed by atoms with Crippen LogP contribution in [0.25, 0.3) is 0 Å². The summed E-state index contributed by atoms with van der Waals surface area (Å²) >= 11 is 0. The zero-order valence-corrected chi connectivity index (χ0v) is 5.75. The fourth-order valence-electron chi connectivity index (χ4n) is 1.13. The summed E-state index contributed by atoms with van der Waals surface area (Å²) in [5, 5.41) is 8.89. The van der Waals surface area contributed by atoms with Crippen LogP contribution in [0, 0.1) is 0 Å². The Hall–Kier alpha value is -0.120. The maximum Gasteiger partial charge on any atom is 0.0639 e. The van der Waals surface area contributed by atoms with Crippen molar-refractivity contribution in [1.82, 2.24) is 4.90 Å². The van der Waals surface area contributed by atoms with Crippen molar-refractivity contribution in [3.63, 3.8) is 0 Å². The highest BCUT2D eigenvalue weighted by atomic mass is 16.3. The van der Waals surface area contributed by atoms with Gasteiger partial charge in [-0.1, -0.05) is 0 Å². The van der Waals surface area contributed by atoms with Crippen LogP contribution in [-0.2, 0) is 0 Å². The first kappa shape index (κ1) is 6.99. The number of hydrogen-bond acceptors (Lipinski definition) is 3. The van der Waals surface area contributed by atoms with Gasteiger partial charge in [-0.05, 0) is 6.92 Å². The van der Waals surface area contributed by atoms with Crippen LogP contribution in [0.1, 0.15) is 6.92 Å². The number of aliphatic hydroxyl groups is 1. The molecular weight excluding hydrogens is 116 g/mol. The largest absolute Gasteiger partial charge is 0.392 e. The molecule has 1 rings (SSSR count). The van der Waals surface area contributed by atoms with Gasteiger partial charge in [-0.25, -0.2) is 0 Å². The van der Waals surface area contributed by atoms with Gasteiger partial charge in [-0.2, -0.15) is 0 Å². The molecule has 1 aliphatic heterocycles.